The minimum absolute atomic E-state index is 0. The van der Waals surface area contributed by atoms with Crippen molar-refractivity contribution in [3.8, 4) is 0 Å². The maximum atomic E-state index is 10.5. The van der Waals surface area contributed by atoms with Crippen molar-refractivity contribution in [2.75, 3.05) is 19.4 Å². The number of aliphatic hydroxyl groups is 1. The molecule has 0 aromatic rings. The zero-order valence-corrected chi connectivity index (χ0v) is 8.11. The second-order valence-electron chi connectivity index (χ2n) is 1.60. The molecule has 0 aromatic carbocycles. The number of nitrogens with one attached hydrogen (secondary N) is 1. The molecule has 0 radical (unpaired) electrons. The van der Waals surface area contributed by atoms with Gasteiger partial charge in [0.25, 0.3) is 0 Å². The lowest BCUT2D eigenvalue weighted by molar-refractivity contribution is 0.295. The summed E-state index contributed by atoms with van der Waals surface area (Å²) in [5.74, 6) is 0. The van der Waals surface area contributed by atoms with E-state index >= 15 is 0 Å². The van der Waals surface area contributed by atoms with Crippen molar-refractivity contribution in [2.45, 2.75) is 20.3 Å². The average Bonchev–Trinajstić information content (AvgIpc) is 2.05. The zero-order valence-electron chi connectivity index (χ0n) is 7.29. The van der Waals surface area contributed by atoms with Crippen LogP contribution in [0.15, 0.2) is 0 Å². The SMILES string of the molecule is CC.CNS(=O)(=O)CCCO. The van der Waals surface area contributed by atoms with Crippen molar-refractivity contribution in [3.05, 3.63) is 0 Å². The summed E-state index contributed by atoms with van der Waals surface area (Å²) < 4.78 is 23.2. The Labute approximate surface area is 68.7 Å². The summed E-state index contributed by atoms with van der Waals surface area (Å²) in [7, 11) is -1.74. The molecule has 0 aliphatic heterocycles. The largest absolute Gasteiger partial charge is 0.396 e. The summed E-state index contributed by atoms with van der Waals surface area (Å²) in [6.45, 7) is 3.92. The Morgan fingerprint density at radius 3 is 2.09 bits per heavy atom. The van der Waals surface area contributed by atoms with E-state index in [0.29, 0.717) is 6.42 Å². The molecular weight excluding hydrogens is 166 g/mol. The number of hydrogen-bond donors (Lipinski definition) is 2. The Hall–Kier alpha value is -0.130. The van der Waals surface area contributed by atoms with Crippen LogP contribution in [-0.4, -0.2) is 32.9 Å². The van der Waals surface area contributed by atoms with Crippen molar-refractivity contribution >= 4 is 10.0 Å². The van der Waals surface area contributed by atoms with E-state index in [2.05, 4.69) is 4.72 Å². The molecule has 0 aliphatic rings. The van der Waals surface area contributed by atoms with Gasteiger partial charge in [0.1, 0.15) is 0 Å². The summed E-state index contributed by atoms with van der Waals surface area (Å²) in [5.41, 5.74) is 0. The predicted molar refractivity (Wildman–Crippen MR) is 45.9 cm³/mol. The number of hydrogen-bond acceptors (Lipinski definition) is 3. The fraction of sp³-hybridized carbons (Fsp3) is 1.00. The molecule has 0 spiro atoms. The molecule has 4 nitrogen and oxygen atoms in total. The lowest BCUT2D eigenvalue weighted by Crippen LogP contribution is -2.22. The lowest BCUT2D eigenvalue weighted by atomic mass is 10.5. The van der Waals surface area contributed by atoms with Crippen molar-refractivity contribution in [3.63, 3.8) is 0 Å². The third kappa shape index (κ3) is 9.87. The Morgan fingerprint density at radius 2 is 1.82 bits per heavy atom. The van der Waals surface area contributed by atoms with E-state index < -0.39 is 10.0 Å². The van der Waals surface area contributed by atoms with Crippen LogP contribution in [0.3, 0.4) is 0 Å². The van der Waals surface area contributed by atoms with Gasteiger partial charge in [0.05, 0.1) is 5.75 Å². The summed E-state index contributed by atoms with van der Waals surface area (Å²) >= 11 is 0. The van der Waals surface area contributed by atoms with Crippen LogP contribution in [0.4, 0.5) is 0 Å². The zero-order chi connectivity index (χ0) is 9.33. The molecule has 0 heterocycles. The van der Waals surface area contributed by atoms with E-state index in [4.69, 9.17) is 5.11 Å². The fourth-order valence-corrected chi connectivity index (χ4v) is 1.07. The van der Waals surface area contributed by atoms with Gasteiger partial charge in [0, 0.05) is 6.61 Å². The molecule has 0 atom stereocenters. The third-order valence-corrected chi connectivity index (χ3v) is 2.33. The van der Waals surface area contributed by atoms with Crippen LogP contribution in [0.5, 0.6) is 0 Å². The summed E-state index contributed by atoms with van der Waals surface area (Å²) in [5, 5.41) is 8.23. The van der Waals surface area contributed by atoms with Gasteiger partial charge in [-0.05, 0) is 13.5 Å². The molecule has 0 saturated carbocycles. The highest BCUT2D eigenvalue weighted by atomic mass is 32.2. The highest BCUT2D eigenvalue weighted by Crippen LogP contribution is 1.85. The molecule has 0 rings (SSSR count). The highest BCUT2D eigenvalue weighted by molar-refractivity contribution is 7.89. The molecule has 70 valence electrons. The van der Waals surface area contributed by atoms with Gasteiger partial charge in [-0.25, -0.2) is 13.1 Å². The Bertz CT molecular complexity index is 153. The number of aliphatic hydroxyl groups excluding tert-OH is 1. The molecule has 0 saturated heterocycles. The maximum Gasteiger partial charge on any atom is 0.211 e. The van der Waals surface area contributed by atoms with Gasteiger partial charge in [0.2, 0.25) is 10.0 Å². The topological polar surface area (TPSA) is 66.4 Å². The molecule has 0 unspecified atom stereocenters. The average molecular weight is 183 g/mol. The first-order valence-corrected chi connectivity index (χ1v) is 5.29. The molecule has 0 aromatic heterocycles. The molecule has 0 fully saturated rings. The monoisotopic (exact) mass is 183 g/mol. The van der Waals surface area contributed by atoms with Gasteiger partial charge in [-0.3, -0.25) is 0 Å². The van der Waals surface area contributed by atoms with Gasteiger partial charge in [0.15, 0.2) is 0 Å². The van der Waals surface area contributed by atoms with Crippen LogP contribution < -0.4 is 4.72 Å². The van der Waals surface area contributed by atoms with Crippen molar-refractivity contribution in [1.29, 1.82) is 0 Å². The first-order chi connectivity index (χ1) is 5.12. The van der Waals surface area contributed by atoms with Gasteiger partial charge >= 0.3 is 0 Å². The molecule has 0 bridgehead atoms. The molecule has 5 heteroatoms. The fourth-order valence-electron chi connectivity index (χ4n) is 0.357. The lowest BCUT2D eigenvalue weighted by Gasteiger charge is -1.97. The summed E-state index contributed by atoms with van der Waals surface area (Å²) in [6.07, 6.45) is 0.295. The van der Waals surface area contributed by atoms with Crippen LogP contribution in [0, 0.1) is 0 Å². The van der Waals surface area contributed by atoms with E-state index in [1.807, 2.05) is 13.8 Å². The van der Waals surface area contributed by atoms with Crippen LogP contribution in [0.2, 0.25) is 0 Å². The maximum absolute atomic E-state index is 10.5. The van der Waals surface area contributed by atoms with E-state index in [1.54, 1.807) is 0 Å². The second kappa shape index (κ2) is 7.97. The van der Waals surface area contributed by atoms with Crippen molar-refractivity contribution in [2.24, 2.45) is 0 Å². The first-order valence-electron chi connectivity index (χ1n) is 3.64. The van der Waals surface area contributed by atoms with Crippen molar-refractivity contribution < 1.29 is 13.5 Å². The Morgan fingerprint density at radius 1 is 1.36 bits per heavy atom. The van der Waals surface area contributed by atoms with Gasteiger partial charge in [-0.2, -0.15) is 0 Å². The van der Waals surface area contributed by atoms with E-state index in [-0.39, 0.29) is 12.4 Å². The normalized spacial score (nSPS) is 10.2. The van der Waals surface area contributed by atoms with Crippen LogP contribution >= 0.6 is 0 Å². The third-order valence-electron chi connectivity index (χ3n) is 0.882. The predicted octanol–water partition coefficient (Wildman–Crippen LogP) is -0.0558. The van der Waals surface area contributed by atoms with E-state index in [9.17, 15) is 8.42 Å². The molecule has 2 N–H and O–H groups in total. The van der Waals surface area contributed by atoms with E-state index in [1.165, 1.54) is 7.05 Å². The quantitative estimate of drug-likeness (QED) is 0.642. The van der Waals surface area contributed by atoms with Crippen LogP contribution in [0.1, 0.15) is 20.3 Å². The minimum Gasteiger partial charge on any atom is -0.396 e. The minimum atomic E-state index is -3.09. The second-order valence-corrected chi connectivity index (χ2v) is 3.65. The summed E-state index contributed by atoms with van der Waals surface area (Å²) in [6, 6.07) is 0. The summed E-state index contributed by atoms with van der Waals surface area (Å²) in [4.78, 5) is 0. The molecule has 11 heavy (non-hydrogen) atoms. The van der Waals surface area contributed by atoms with Gasteiger partial charge in [-0.15, -0.1) is 0 Å². The molecule has 0 amide bonds. The van der Waals surface area contributed by atoms with Crippen LogP contribution in [0.25, 0.3) is 0 Å². The molecule has 0 aliphatic carbocycles. The standard InChI is InChI=1S/C4H11NO3S.C2H6/c1-5-9(7,8)4-2-3-6;1-2/h5-6H,2-4H2,1H3;1-2H3. The highest BCUT2D eigenvalue weighted by Gasteiger charge is 2.03. The van der Waals surface area contributed by atoms with Gasteiger partial charge < -0.3 is 5.11 Å². The first kappa shape index (κ1) is 13.5. The molecular formula is C6H17NO3S. The Balaban J connectivity index is 0. The number of rotatable bonds is 4. The van der Waals surface area contributed by atoms with E-state index in [0.717, 1.165) is 0 Å². The van der Waals surface area contributed by atoms with Crippen molar-refractivity contribution in [1.82, 2.24) is 4.72 Å². The Kier molecular flexibility index (Phi) is 9.75. The smallest absolute Gasteiger partial charge is 0.211 e. The van der Waals surface area contributed by atoms with Crippen LogP contribution in [-0.2, 0) is 10.0 Å². The van der Waals surface area contributed by atoms with Gasteiger partial charge in [-0.1, -0.05) is 13.8 Å². The number of sulfonamides is 1.